The Kier molecular flexibility index (Phi) is 6.77. The fourth-order valence-electron chi connectivity index (χ4n) is 3.54. The van der Waals surface area contributed by atoms with Crippen LogP contribution in [0.1, 0.15) is 28.9 Å². The molecule has 0 unspecified atom stereocenters. The topological polar surface area (TPSA) is 101 Å². The summed E-state index contributed by atoms with van der Waals surface area (Å²) < 4.78 is 5.90. The van der Waals surface area contributed by atoms with Gasteiger partial charge in [0.2, 0.25) is 11.8 Å². The number of aromatic nitrogens is 1. The van der Waals surface area contributed by atoms with E-state index in [2.05, 4.69) is 10.3 Å². The van der Waals surface area contributed by atoms with Crippen molar-refractivity contribution in [3.63, 3.8) is 0 Å². The fraction of sp³-hybridized carbons (Fsp3) is 0.261. The molecule has 3 heterocycles. The molecule has 0 saturated carbocycles. The lowest BCUT2D eigenvalue weighted by Crippen LogP contribution is -2.34. The van der Waals surface area contributed by atoms with Crippen LogP contribution in [0.4, 0.5) is 5.82 Å². The largest absolute Gasteiger partial charge is 0.459 e. The van der Waals surface area contributed by atoms with Crippen LogP contribution in [0.2, 0.25) is 0 Å². The number of rotatable bonds is 4. The molecule has 0 aliphatic carbocycles. The van der Waals surface area contributed by atoms with Crippen LogP contribution in [0.25, 0.3) is 17.0 Å². The summed E-state index contributed by atoms with van der Waals surface area (Å²) in [6.07, 6.45) is 6.09. The molecular formula is C23H25ClN4O3. The highest BCUT2D eigenvalue weighted by molar-refractivity contribution is 5.95. The SMILES string of the molecule is Cc1c(CN(C)C(=O)/C=C/c2cnc3c(c2)CC[C@@H](N)C(=O)N3)oc2ccccc12.Cl. The Balaban J connectivity index is 0.00000272. The summed E-state index contributed by atoms with van der Waals surface area (Å²) in [4.78, 5) is 30.3. The van der Waals surface area contributed by atoms with Crippen molar-refractivity contribution in [2.24, 2.45) is 5.73 Å². The van der Waals surface area contributed by atoms with Crippen molar-refractivity contribution in [2.75, 3.05) is 12.4 Å². The first-order valence-corrected chi connectivity index (χ1v) is 9.88. The molecule has 1 aromatic carbocycles. The van der Waals surface area contributed by atoms with E-state index in [9.17, 15) is 9.59 Å². The minimum absolute atomic E-state index is 0. The van der Waals surface area contributed by atoms with Gasteiger partial charge in [-0.2, -0.15) is 0 Å². The van der Waals surface area contributed by atoms with E-state index in [-0.39, 0.29) is 24.2 Å². The van der Waals surface area contributed by atoms with Crippen molar-refractivity contribution in [1.29, 1.82) is 0 Å². The molecule has 162 valence electrons. The zero-order valence-electron chi connectivity index (χ0n) is 17.4. The van der Waals surface area contributed by atoms with Gasteiger partial charge < -0.3 is 20.4 Å². The number of anilines is 1. The number of para-hydroxylation sites is 1. The monoisotopic (exact) mass is 440 g/mol. The van der Waals surface area contributed by atoms with Crippen molar-refractivity contribution >= 4 is 47.1 Å². The highest BCUT2D eigenvalue weighted by Gasteiger charge is 2.21. The second-order valence-corrected chi connectivity index (χ2v) is 7.58. The molecule has 1 aliphatic heterocycles. The molecule has 3 aromatic rings. The third kappa shape index (κ3) is 4.78. The Morgan fingerprint density at radius 2 is 2.16 bits per heavy atom. The third-order valence-corrected chi connectivity index (χ3v) is 5.41. The number of likely N-dealkylation sites (N-methyl/N-ethyl adjacent to an activating group) is 1. The Labute approximate surface area is 186 Å². The Morgan fingerprint density at radius 3 is 2.94 bits per heavy atom. The zero-order chi connectivity index (χ0) is 21.3. The number of pyridine rings is 1. The average Bonchev–Trinajstić information content (AvgIpc) is 2.98. The molecular weight excluding hydrogens is 416 g/mol. The maximum absolute atomic E-state index is 12.6. The number of nitrogens with two attached hydrogens (primary N) is 1. The van der Waals surface area contributed by atoms with Gasteiger partial charge in [-0.15, -0.1) is 12.4 Å². The van der Waals surface area contributed by atoms with Gasteiger partial charge in [0.05, 0.1) is 12.6 Å². The van der Waals surface area contributed by atoms with Crippen molar-refractivity contribution in [1.82, 2.24) is 9.88 Å². The summed E-state index contributed by atoms with van der Waals surface area (Å²) in [5, 5.41) is 3.80. The Morgan fingerprint density at radius 1 is 1.39 bits per heavy atom. The molecule has 0 fully saturated rings. The van der Waals surface area contributed by atoms with Crippen LogP contribution in [0, 0.1) is 6.92 Å². The molecule has 31 heavy (non-hydrogen) atoms. The minimum atomic E-state index is -0.532. The zero-order valence-corrected chi connectivity index (χ0v) is 18.2. The number of nitrogens with zero attached hydrogens (tertiary/aromatic N) is 2. The Hall–Kier alpha value is -3.16. The van der Waals surface area contributed by atoms with E-state index in [1.54, 1.807) is 24.2 Å². The number of carbonyl (C=O) groups is 2. The summed E-state index contributed by atoms with van der Waals surface area (Å²) in [5.41, 5.74) is 9.39. The molecule has 0 bridgehead atoms. The van der Waals surface area contributed by atoms with Gasteiger partial charge in [0, 0.05) is 30.3 Å². The highest BCUT2D eigenvalue weighted by Crippen LogP contribution is 2.26. The van der Waals surface area contributed by atoms with Crippen molar-refractivity contribution in [2.45, 2.75) is 32.4 Å². The Bertz CT molecular complexity index is 1150. The maximum atomic E-state index is 12.6. The summed E-state index contributed by atoms with van der Waals surface area (Å²) in [6, 6.07) is 9.23. The molecule has 0 spiro atoms. The van der Waals surface area contributed by atoms with E-state index in [0.717, 1.165) is 33.4 Å². The second kappa shape index (κ2) is 9.32. The quantitative estimate of drug-likeness (QED) is 0.605. The fourth-order valence-corrected chi connectivity index (χ4v) is 3.54. The smallest absolute Gasteiger partial charge is 0.246 e. The number of aryl methyl sites for hydroxylation is 2. The molecule has 0 radical (unpaired) electrons. The first-order valence-electron chi connectivity index (χ1n) is 9.88. The predicted molar refractivity (Wildman–Crippen MR) is 123 cm³/mol. The van der Waals surface area contributed by atoms with Crippen LogP contribution in [0.3, 0.4) is 0 Å². The molecule has 3 N–H and O–H groups in total. The molecule has 1 aliphatic rings. The van der Waals surface area contributed by atoms with E-state index in [0.29, 0.717) is 25.2 Å². The van der Waals surface area contributed by atoms with Gasteiger partial charge in [0.25, 0.3) is 0 Å². The van der Waals surface area contributed by atoms with Crippen LogP contribution in [-0.4, -0.2) is 34.8 Å². The third-order valence-electron chi connectivity index (χ3n) is 5.41. The molecule has 8 heteroatoms. The van der Waals surface area contributed by atoms with Gasteiger partial charge >= 0.3 is 0 Å². The summed E-state index contributed by atoms with van der Waals surface area (Å²) in [6.45, 7) is 2.39. The van der Waals surface area contributed by atoms with E-state index >= 15 is 0 Å². The van der Waals surface area contributed by atoms with Gasteiger partial charge in [-0.1, -0.05) is 18.2 Å². The number of furan rings is 1. The lowest BCUT2D eigenvalue weighted by molar-refractivity contribution is -0.125. The predicted octanol–water partition coefficient (Wildman–Crippen LogP) is 3.44. The molecule has 1 atom stereocenters. The number of halogens is 1. The summed E-state index contributed by atoms with van der Waals surface area (Å²) >= 11 is 0. The molecule has 2 aromatic heterocycles. The van der Waals surface area contributed by atoms with Gasteiger partial charge in [0.1, 0.15) is 17.2 Å². The van der Waals surface area contributed by atoms with Crippen LogP contribution >= 0.6 is 12.4 Å². The van der Waals surface area contributed by atoms with Gasteiger partial charge in [-0.3, -0.25) is 9.59 Å². The lowest BCUT2D eigenvalue weighted by Gasteiger charge is -2.14. The standard InChI is InChI=1S/C23H24N4O3.ClH/c1-14-17-5-3-4-6-19(17)30-20(14)13-27(2)21(28)10-7-15-11-16-8-9-18(24)23(29)26-22(16)25-12-15;/h3-7,10-12,18H,8-9,13,24H2,1-2H3,(H,25,26,29);1H/b10-7+;/t18-;/m1./s1. The number of hydrogen-bond acceptors (Lipinski definition) is 5. The van der Waals surface area contributed by atoms with Gasteiger partial charge in [-0.05, 0) is 49.1 Å². The number of benzene rings is 1. The second-order valence-electron chi connectivity index (χ2n) is 7.58. The van der Waals surface area contributed by atoms with Crippen LogP contribution in [0.15, 0.2) is 47.0 Å². The van der Waals surface area contributed by atoms with Crippen LogP contribution in [0.5, 0.6) is 0 Å². The minimum Gasteiger partial charge on any atom is -0.459 e. The van der Waals surface area contributed by atoms with Gasteiger partial charge in [0.15, 0.2) is 0 Å². The number of carbonyl (C=O) groups excluding carboxylic acids is 2. The van der Waals surface area contributed by atoms with Crippen molar-refractivity contribution in [3.05, 3.63) is 65.1 Å². The normalized spacial score (nSPS) is 15.8. The first-order chi connectivity index (χ1) is 14.4. The number of hydrogen-bond donors (Lipinski definition) is 2. The summed E-state index contributed by atoms with van der Waals surface area (Å²) in [7, 11) is 1.74. The van der Waals surface area contributed by atoms with E-state index in [4.69, 9.17) is 10.2 Å². The van der Waals surface area contributed by atoms with E-state index < -0.39 is 6.04 Å². The lowest BCUT2D eigenvalue weighted by atomic mass is 10.1. The first kappa shape index (κ1) is 22.5. The number of nitrogens with one attached hydrogen (secondary N) is 1. The molecule has 2 amide bonds. The van der Waals surface area contributed by atoms with E-state index in [1.165, 1.54) is 6.08 Å². The van der Waals surface area contributed by atoms with E-state index in [1.807, 2.05) is 37.3 Å². The number of fused-ring (bicyclic) bond motifs is 2. The average molecular weight is 441 g/mol. The molecule has 7 nitrogen and oxygen atoms in total. The van der Waals surface area contributed by atoms with Crippen molar-refractivity contribution < 1.29 is 14.0 Å². The van der Waals surface area contributed by atoms with Gasteiger partial charge in [-0.25, -0.2) is 4.98 Å². The van der Waals surface area contributed by atoms with Crippen LogP contribution in [-0.2, 0) is 22.6 Å². The summed E-state index contributed by atoms with van der Waals surface area (Å²) in [5.74, 6) is 0.954. The molecule has 0 saturated heterocycles. The maximum Gasteiger partial charge on any atom is 0.246 e. The molecule has 4 rings (SSSR count). The van der Waals surface area contributed by atoms with Crippen molar-refractivity contribution in [3.8, 4) is 0 Å². The van der Waals surface area contributed by atoms with Crippen LogP contribution < -0.4 is 11.1 Å². The number of amides is 2. The highest BCUT2D eigenvalue weighted by atomic mass is 35.5.